The Balaban J connectivity index is 2.05. The summed E-state index contributed by atoms with van der Waals surface area (Å²) in [5.41, 5.74) is 0.696. The summed E-state index contributed by atoms with van der Waals surface area (Å²) < 4.78 is 5.15. The van der Waals surface area contributed by atoms with Crippen LogP contribution in [0.25, 0.3) is 22.8 Å². The summed E-state index contributed by atoms with van der Waals surface area (Å²) in [5, 5.41) is 15.8. The second kappa shape index (κ2) is 6.16. The predicted octanol–water partition coefficient (Wildman–Crippen LogP) is 5.27. The van der Waals surface area contributed by atoms with Crippen LogP contribution >= 0.6 is 34.8 Å². The van der Waals surface area contributed by atoms with Gasteiger partial charge in [-0.2, -0.15) is 4.98 Å². The van der Waals surface area contributed by atoms with Crippen LogP contribution in [-0.2, 0) is 0 Å². The summed E-state index contributed by atoms with van der Waals surface area (Å²) in [6.07, 6.45) is 0. The van der Waals surface area contributed by atoms with Crippen molar-refractivity contribution in [2.75, 3.05) is 0 Å². The van der Waals surface area contributed by atoms with Crippen molar-refractivity contribution in [1.29, 1.82) is 0 Å². The van der Waals surface area contributed by atoms with E-state index in [1.54, 1.807) is 18.2 Å². The van der Waals surface area contributed by atoms with Crippen LogP contribution in [0.1, 0.15) is 0 Å². The molecular formula is C14H6Cl3N3O3. The first-order valence-corrected chi connectivity index (χ1v) is 7.32. The molecule has 0 saturated carbocycles. The molecule has 1 heterocycles. The zero-order chi connectivity index (χ0) is 16.6. The fraction of sp³-hybridized carbons (Fsp3) is 0. The van der Waals surface area contributed by atoms with E-state index in [0.29, 0.717) is 15.6 Å². The molecule has 0 aliphatic rings. The number of hydrogen-bond donors (Lipinski definition) is 0. The second-order valence-electron chi connectivity index (χ2n) is 4.50. The summed E-state index contributed by atoms with van der Waals surface area (Å²) in [5.74, 6) is 0.303. The average Bonchev–Trinajstić information content (AvgIpc) is 2.96. The summed E-state index contributed by atoms with van der Waals surface area (Å²) in [6, 6.07) is 8.78. The van der Waals surface area contributed by atoms with Gasteiger partial charge >= 0.3 is 0 Å². The fourth-order valence-electron chi connectivity index (χ4n) is 1.92. The van der Waals surface area contributed by atoms with Crippen LogP contribution < -0.4 is 0 Å². The molecule has 0 aliphatic heterocycles. The highest BCUT2D eigenvalue weighted by atomic mass is 35.5. The highest BCUT2D eigenvalue weighted by Crippen LogP contribution is 2.32. The predicted molar refractivity (Wildman–Crippen MR) is 86.9 cm³/mol. The molecule has 0 radical (unpaired) electrons. The van der Waals surface area contributed by atoms with Gasteiger partial charge in [0.05, 0.1) is 15.5 Å². The van der Waals surface area contributed by atoms with Crippen molar-refractivity contribution < 1.29 is 9.45 Å². The highest BCUT2D eigenvalue weighted by molar-refractivity contribution is 6.35. The van der Waals surface area contributed by atoms with E-state index in [4.69, 9.17) is 39.3 Å². The number of nitrogens with zero attached hydrogens (tertiary/aromatic N) is 3. The van der Waals surface area contributed by atoms with Crippen molar-refractivity contribution in [1.82, 2.24) is 10.1 Å². The molecule has 0 amide bonds. The van der Waals surface area contributed by atoms with Crippen molar-refractivity contribution in [3.05, 3.63) is 61.6 Å². The Morgan fingerprint density at radius 1 is 1.04 bits per heavy atom. The molecule has 0 aliphatic carbocycles. The summed E-state index contributed by atoms with van der Waals surface area (Å²) in [7, 11) is 0. The van der Waals surface area contributed by atoms with Crippen molar-refractivity contribution in [2.45, 2.75) is 0 Å². The van der Waals surface area contributed by atoms with Crippen LogP contribution in [0, 0.1) is 10.1 Å². The number of aromatic nitrogens is 2. The fourth-order valence-corrected chi connectivity index (χ4v) is 2.65. The first kappa shape index (κ1) is 15.7. The third-order valence-corrected chi connectivity index (χ3v) is 3.70. The van der Waals surface area contributed by atoms with Crippen molar-refractivity contribution in [3.8, 4) is 22.8 Å². The first-order chi connectivity index (χ1) is 10.9. The van der Waals surface area contributed by atoms with Crippen LogP contribution in [0.15, 0.2) is 40.9 Å². The second-order valence-corrected chi connectivity index (χ2v) is 5.78. The molecular weight excluding hydrogens is 365 g/mol. The zero-order valence-electron chi connectivity index (χ0n) is 11.2. The maximum atomic E-state index is 10.9. The largest absolute Gasteiger partial charge is 0.334 e. The van der Waals surface area contributed by atoms with Gasteiger partial charge in [-0.05, 0) is 24.3 Å². The maximum absolute atomic E-state index is 10.9. The van der Waals surface area contributed by atoms with Gasteiger partial charge in [0, 0.05) is 27.7 Å². The van der Waals surface area contributed by atoms with Crippen LogP contribution in [-0.4, -0.2) is 15.1 Å². The monoisotopic (exact) mass is 369 g/mol. The van der Waals surface area contributed by atoms with Crippen LogP contribution in [0.5, 0.6) is 0 Å². The van der Waals surface area contributed by atoms with E-state index in [1.807, 2.05) is 0 Å². The number of hydrogen-bond acceptors (Lipinski definition) is 5. The molecule has 0 spiro atoms. The smallest absolute Gasteiger partial charge is 0.270 e. The molecule has 116 valence electrons. The topological polar surface area (TPSA) is 82.1 Å². The van der Waals surface area contributed by atoms with E-state index in [2.05, 4.69) is 10.1 Å². The lowest BCUT2D eigenvalue weighted by molar-refractivity contribution is -0.384. The normalized spacial score (nSPS) is 10.7. The minimum atomic E-state index is -0.534. The molecule has 0 atom stereocenters. The Kier molecular flexibility index (Phi) is 4.21. The first-order valence-electron chi connectivity index (χ1n) is 6.18. The quantitative estimate of drug-likeness (QED) is 0.463. The number of halogens is 3. The molecule has 6 nitrogen and oxygen atoms in total. The Morgan fingerprint density at radius 2 is 1.74 bits per heavy atom. The van der Waals surface area contributed by atoms with Crippen LogP contribution in [0.4, 0.5) is 5.69 Å². The lowest BCUT2D eigenvalue weighted by Gasteiger charge is -1.99. The van der Waals surface area contributed by atoms with E-state index in [0.717, 1.165) is 0 Å². The Hall–Kier alpha value is -2.15. The van der Waals surface area contributed by atoms with Gasteiger partial charge < -0.3 is 4.52 Å². The number of nitro benzene ring substituents is 1. The molecule has 0 saturated heterocycles. The molecule has 3 aromatic rings. The van der Waals surface area contributed by atoms with Gasteiger partial charge in [0.25, 0.3) is 11.6 Å². The average molecular weight is 371 g/mol. The van der Waals surface area contributed by atoms with E-state index >= 15 is 0 Å². The number of non-ortho nitro benzene ring substituents is 1. The van der Waals surface area contributed by atoms with E-state index < -0.39 is 4.92 Å². The third kappa shape index (κ3) is 3.29. The standard InChI is InChI=1S/C14H6Cl3N3O3/c15-8-3-7(4-9(16)5-8)13-18-14(23-19-13)11-6-10(20(21)22)1-2-12(11)17/h1-6H. The zero-order valence-corrected chi connectivity index (χ0v) is 13.4. The molecule has 3 rings (SSSR count). The van der Waals surface area contributed by atoms with Gasteiger partial charge in [-0.25, -0.2) is 0 Å². The van der Waals surface area contributed by atoms with E-state index in [1.165, 1.54) is 18.2 Å². The minimum Gasteiger partial charge on any atom is -0.334 e. The lowest BCUT2D eigenvalue weighted by atomic mass is 10.2. The number of nitro groups is 1. The van der Waals surface area contributed by atoms with Crippen LogP contribution in [0.2, 0.25) is 15.1 Å². The molecule has 23 heavy (non-hydrogen) atoms. The maximum Gasteiger partial charge on any atom is 0.270 e. The summed E-state index contributed by atoms with van der Waals surface area (Å²) in [6.45, 7) is 0. The Morgan fingerprint density at radius 3 is 2.39 bits per heavy atom. The van der Waals surface area contributed by atoms with Gasteiger partial charge in [-0.15, -0.1) is 0 Å². The number of rotatable bonds is 3. The van der Waals surface area contributed by atoms with Gasteiger partial charge in [-0.1, -0.05) is 40.0 Å². The summed E-state index contributed by atoms with van der Waals surface area (Å²) in [4.78, 5) is 14.5. The van der Waals surface area contributed by atoms with Gasteiger partial charge in [-0.3, -0.25) is 10.1 Å². The third-order valence-electron chi connectivity index (χ3n) is 2.94. The van der Waals surface area contributed by atoms with Crippen molar-refractivity contribution >= 4 is 40.5 Å². The Bertz CT molecular complexity index is 891. The molecule has 0 bridgehead atoms. The summed E-state index contributed by atoms with van der Waals surface area (Å²) >= 11 is 17.9. The van der Waals surface area contributed by atoms with Crippen LogP contribution in [0.3, 0.4) is 0 Å². The molecule has 0 N–H and O–H groups in total. The van der Waals surface area contributed by atoms with Gasteiger partial charge in [0.2, 0.25) is 5.82 Å². The minimum absolute atomic E-state index is 0.0600. The van der Waals surface area contributed by atoms with Crippen molar-refractivity contribution in [3.63, 3.8) is 0 Å². The van der Waals surface area contributed by atoms with Crippen molar-refractivity contribution in [2.24, 2.45) is 0 Å². The van der Waals surface area contributed by atoms with E-state index in [-0.39, 0.29) is 28.0 Å². The van der Waals surface area contributed by atoms with E-state index in [9.17, 15) is 10.1 Å². The molecule has 2 aromatic carbocycles. The lowest BCUT2D eigenvalue weighted by Crippen LogP contribution is -1.89. The molecule has 1 aromatic heterocycles. The SMILES string of the molecule is O=[N+]([O-])c1ccc(Cl)c(-c2nc(-c3cc(Cl)cc(Cl)c3)no2)c1. The molecule has 9 heteroatoms. The number of benzene rings is 2. The molecule has 0 unspecified atom stereocenters. The van der Waals surface area contributed by atoms with Gasteiger partial charge in [0.1, 0.15) is 0 Å². The molecule has 0 fully saturated rings. The van der Waals surface area contributed by atoms with Gasteiger partial charge in [0.15, 0.2) is 0 Å². The Labute approximate surface area is 144 Å². The highest BCUT2D eigenvalue weighted by Gasteiger charge is 2.17.